The number of ether oxygens (including phenoxy) is 1. The maximum absolute atomic E-state index is 5.67. The van der Waals surface area contributed by atoms with Gasteiger partial charge >= 0.3 is 0 Å². The molecule has 4 heteroatoms. The third-order valence-electron chi connectivity index (χ3n) is 3.39. The highest BCUT2D eigenvalue weighted by atomic mass is 16.5. The minimum atomic E-state index is 0.274. The SMILES string of the molecule is CC(C)NCc1cccc(N2CC(C)OCC2C)n1. The Kier molecular flexibility index (Phi) is 4.77. The second-order valence-electron chi connectivity index (χ2n) is 5.67. The van der Waals surface area contributed by atoms with Gasteiger partial charge in [0.05, 0.1) is 24.4 Å². The first-order valence-corrected chi connectivity index (χ1v) is 7.14. The van der Waals surface area contributed by atoms with Gasteiger partial charge in [-0.1, -0.05) is 19.9 Å². The monoisotopic (exact) mass is 263 g/mol. The second kappa shape index (κ2) is 6.35. The first-order valence-electron chi connectivity index (χ1n) is 7.14. The van der Waals surface area contributed by atoms with Crippen molar-refractivity contribution in [3.8, 4) is 0 Å². The van der Waals surface area contributed by atoms with Crippen molar-refractivity contribution in [2.75, 3.05) is 18.1 Å². The Bertz CT molecular complexity index is 408. The van der Waals surface area contributed by atoms with Crippen LogP contribution in [0.1, 0.15) is 33.4 Å². The molecular weight excluding hydrogens is 238 g/mol. The van der Waals surface area contributed by atoms with Gasteiger partial charge in [-0.3, -0.25) is 0 Å². The van der Waals surface area contributed by atoms with E-state index in [2.05, 4.69) is 56.1 Å². The number of nitrogens with zero attached hydrogens (tertiary/aromatic N) is 2. The van der Waals surface area contributed by atoms with Crippen molar-refractivity contribution in [2.24, 2.45) is 0 Å². The maximum Gasteiger partial charge on any atom is 0.129 e. The van der Waals surface area contributed by atoms with Gasteiger partial charge < -0.3 is 15.0 Å². The van der Waals surface area contributed by atoms with Crippen LogP contribution in [0.4, 0.5) is 5.82 Å². The topological polar surface area (TPSA) is 37.4 Å². The van der Waals surface area contributed by atoms with Gasteiger partial charge in [0.1, 0.15) is 5.82 Å². The lowest BCUT2D eigenvalue weighted by atomic mass is 10.2. The minimum absolute atomic E-state index is 0.274. The molecule has 4 nitrogen and oxygen atoms in total. The summed E-state index contributed by atoms with van der Waals surface area (Å²) in [7, 11) is 0. The molecule has 0 aliphatic carbocycles. The van der Waals surface area contributed by atoms with Gasteiger partial charge in [-0.25, -0.2) is 4.98 Å². The van der Waals surface area contributed by atoms with Crippen LogP contribution in [0.15, 0.2) is 18.2 Å². The molecule has 1 aromatic heterocycles. The third kappa shape index (κ3) is 3.91. The summed E-state index contributed by atoms with van der Waals surface area (Å²) in [4.78, 5) is 7.10. The lowest BCUT2D eigenvalue weighted by Crippen LogP contribution is -2.47. The zero-order valence-electron chi connectivity index (χ0n) is 12.4. The van der Waals surface area contributed by atoms with E-state index in [0.29, 0.717) is 12.1 Å². The average Bonchev–Trinajstić information content (AvgIpc) is 2.39. The van der Waals surface area contributed by atoms with Crippen molar-refractivity contribution in [2.45, 2.75) is 52.4 Å². The molecule has 0 amide bonds. The number of nitrogens with one attached hydrogen (secondary N) is 1. The smallest absolute Gasteiger partial charge is 0.129 e. The fourth-order valence-electron chi connectivity index (χ4n) is 2.26. The predicted molar refractivity (Wildman–Crippen MR) is 78.4 cm³/mol. The summed E-state index contributed by atoms with van der Waals surface area (Å²) >= 11 is 0. The van der Waals surface area contributed by atoms with Crippen LogP contribution in [0, 0.1) is 0 Å². The molecule has 2 rings (SSSR count). The van der Waals surface area contributed by atoms with Crippen LogP contribution in [-0.4, -0.2) is 36.3 Å². The van der Waals surface area contributed by atoms with Gasteiger partial charge in [-0.05, 0) is 26.0 Å². The molecule has 2 heterocycles. The zero-order valence-corrected chi connectivity index (χ0v) is 12.4. The van der Waals surface area contributed by atoms with E-state index in [9.17, 15) is 0 Å². The molecule has 1 aromatic rings. The van der Waals surface area contributed by atoms with Crippen LogP contribution in [0.5, 0.6) is 0 Å². The van der Waals surface area contributed by atoms with E-state index in [4.69, 9.17) is 9.72 Å². The van der Waals surface area contributed by atoms with E-state index in [1.807, 2.05) is 0 Å². The van der Waals surface area contributed by atoms with E-state index in [1.54, 1.807) is 0 Å². The zero-order chi connectivity index (χ0) is 13.8. The summed E-state index contributed by atoms with van der Waals surface area (Å²) < 4.78 is 5.67. The highest BCUT2D eigenvalue weighted by Crippen LogP contribution is 2.19. The third-order valence-corrected chi connectivity index (χ3v) is 3.39. The van der Waals surface area contributed by atoms with Gasteiger partial charge in [-0.15, -0.1) is 0 Å². The highest BCUT2D eigenvalue weighted by Gasteiger charge is 2.24. The van der Waals surface area contributed by atoms with E-state index < -0.39 is 0 Å². The van der Waals surface area contributed by atoms with Crippen LogP contribution >= 0.6 is 0 Å². The summed E-state index contributed by atoms with van der Waals surface area (Å²) in [6, 6.07) is 7.12. The van der Waals surface area contributed by atoms with Crippen molar-refractivity contribution in [3.05, 3.63) is 23.9 Å². The molecule has 0 spiro atoms. The van der Waals surface area contributed by atoms with E-state index in [0.717, 1.165) is 31.2 Å². The molecule has 1 N–H and O–H groups in total. The molecule has 0 bridgehead atoms. The quantitative estimate of drug-likeness (QED) is 0.903. The van der Waals surface area contributed by atoms with Crippen molar-refractivity contribution >= 4 is 5.82 Å². The minimum Gasteiger partial charge on any atom is -0.375 e. The molecule has 106 valence electrons. The lowest BCUT2D eigenvalue weighted by Gasteiger charge is -2.37. The van der Waals surface area contributed by atoms with E-state index in [-0.39, 0.29) is 6.10 Å². The molecule has 19 heavy (non-hydrogen) atoms. The largest absolute Gasteiger partial charge is 0.375 e. The molecule has 0 radical (unpaired) electrons. The van der Waals surface area contributed by atoms with Crippen LogP contribution in [0.2, 0.25) is 0 Å². The summed E-state index contributed by atoms with van der Waals surface area (Å²) in [5.74, 6) is 1.06. The molecular formula is C15H25N3O. The van der Waals surface area contributed by atoms with E-state index in [1.165, 1.54) is 0 Å². The van der Waals surface area contributed by atoms with Crippen molar-refractivity contribution in [1.29, 1.82) is 0 Å². The molecule has 2 atom stereocenters. The summed E-state index contributed by atoms with van der Waals surface area (Å²) in [6.07, 6.45) is 0.274. The normalized spacial score (nSPS) is 23.9. The second-order valence-corrected chi connectivity index (χ2v) is 5.67. The van der Waals surface area contributed by atoms with Crippen LogP contribution in [0.25, 0.3) is 0 Å². The first-order chi connectivity index (χ1) is 9.06. The summed E-state index contributed by atoms with van der Waals surface area (Å²) in [5.41, 5.74) is 1.09. The van der Waals surface area contributed by atoms with Gasteiger partial charge in [0.15, 0.2) is 0 Å². The van der Waals surface area contributed by atoms with Crippen LogP contribution < -0.4 is 10.2 Å². The fraction of sp³-hybridized carbons (Fsp3) is 0.667. The molecule has 0 aromatic carbocycles. The first kappa shape index (κ1) is 14.3. The van der Waals surface area contributed by atoms with Gasteiger partial charge in [0, 0.05) is 19.1 Å². The number of hydrogen-bond acceptors (Lipinski definition) is 4. The highest BCUT2D eigenvalue weighted by molar-refractivity contribution is 5.41. The maximum atomic E-state index is 5.67. The Hall–Kier alpha value is -1.13. The van der Waals surface area contributed by atoms with Crippen LogP contribution in [0.3, 0.4) is 0 Å². The Morgan fingerprint density at radius 1 is 1.42 bits per heavy atom. The van der Waals surface area contributed by atoms with Gasteiger partial charge in [0.25, 0.3) is 0 Å². The molecule has 1 aliphatic rings. The number of anilines is 1. The lowest BCUT2D eigenvalue weighted by molar-refractivity contribution is 0.0340. The van der Waals surface area contributed by atoms with Crippen molar-refractivity contribution in [1.82, 2.24) is 10.3 Å². The van der Waals surface area contributed by atoms with Crippen molar-refractivity contribution < 1.29 is 4.74 Å². The molecule has 1 saturated heterocycles. The standard InChI is InChI=1S/C15H25N3O/c1-11(2)16-8-14-6-5-7-15(17-14)18-9-13(4)19-10-12(18)3/h5-7,11-13,16H,8-10H2,1-4H3. The summed E-state index contributed by atoms with van der Waals surface area (Å²) in [5, 5.41) is 3.41. The fourth-order valence-corrected chi connectivity index (χ4v) is 2.26. The number of pyridine rings is 1. The number of morpholine rings is 1. The Morgan fingerprint density at radius 2 is 2.21 bits per heavy atom. The number of rotatable bonds is 4. The Labute approximate surface area is 116 Å². The van der Waals surface area contributed by atoms with E-state index >= 15 is 0 Å². The number of hydrogen-bond donors (Lipinski definition) is 1. The molecule has 0 saturated carbocycles. The van der Waals surface area contributed by atoms with Crippen LogP contribution in [-0.2, 0) is 11.3 Å². The molecule has 2 unspecified atom stereocenters. The summed E-state index contributed by atoms with van der Waals surface area (Å²) in [6.45, 7) is 11.1. The molecule has 1 fully saturated rings. The predicted octanol–water partition coefficient (Wildman–Crippen LogP) is 2.19. The Balaban J connectivity index is 2.08. The Morgan fingerprint density at radius 3 is 2.95 bits per heavy atom. The van der Waals surface area contributed by atoms with Crippen molar-refractivity contribution in [3.63, 3.8) is 0 Å². The average molecular weight is 263 g/mol. The molecule has 1 aliphatic heterocycles. The van der Waals surface area contributed by atoms with Gasteiger partial charge in [0.2, 0.25) is 0 Å². The number of aromatic nitrogens is 1. The van der Waals surface area contributed by atoms with Gasteiger partial charge in [-0.2, -0.15) is 0 Å².